The molecule has 11 nitrogen and oxygen atoms in total. The van der Waals surface area contributed by atoms with E-state index in [1.807, 2.05) is 19.1 Å². The zero-order chi connectivity index (χ0) is 32.5. The Morgan fingerprint density at radius 2 is 1.91 bits per heavy atom. The zero-order valence-corrected chi connectivity index (χ0v) is 28.3. The average Bonchev–Trinajstić information content (AvgIpc) is 3.00. The molecule has 14 heteroatoms. The van der Waals surface area contributed by atoms with E-state index in [2.05, 4.69) is 59.7 Å². The normalized spacial score (nSPS) is 15.3. The van der Waals surface area contributed by atoms with Crippen molar-refractivity contribution >= 4 is 56.7 Å². The molecule has 0 spiro atoms. The van der Waals surface area contributed by atoms with Gasteiger partial charge < -0.3 is 34.7 Å². The van der Waals surface area contributed by atoms with Gasteiger partial charge in [0.05, 0.1) is 39.6 Å². The van der Waals surface area contributed by atoms with Gasteiger partial charge in [0.1, 0.15) is 24.8 Å². The summed E-state index contributed by atoms with van der Waals surface area (Å²) in [6.45, 7) is 3.87. The number of allylic oxidation sites excluding steroid dienone is 1. The van der Waals surface area contributed by atoms with Gasteiger partial charge in [0.15, 0.2) is 17.7 Å². The number of carbonyl (C=O) groups is 2. The van der Waals surface area contributed by atoms with Crippen molar-refractivity contribution in [3.8, 4) is 17.2 Å². The van der Waals surface area contributed by atoms with E-state index in [0.717, 1.165) is 14.7 Å². The van der Waals surface area contributed by atoms with Crippen molar-refractivity contribution in [1.82, 2.24) is 16.1 Å². The van der Waals surface area contributed by atoms with E-state index in [9.17, 15) is 19.1 Å². The van der Waals surface area contributed by atoms with Crippen LogP contribution in [-0.2, 0) is 16.1 Å². The topological polar surface area (TPSA) is 140 Å². The first-order valence-electron chi connectivity index (χ1n) is 13.7. The number of rotatable bonds is 13. The van der Waals surface area contributed by atoms with Crippen molar-refractivity contribution in [2.24, 2.45) is 5.10 Å². The number of esters is 1. The summed E-state index contributed by atoms with van der Waals surface area (Å²) in [5.41, 5.74) is 5.44. The minimum absolute atomic E-state index is 0.162. The van der Waals surface area contributed by atoms with E-state index in [0.29, 0.717) is 39.6 Å². The number of hydrazone groups is 1. The fraction of sp³-hybridized carbons (Fsp3) is 0.258. The van der Waals surface area contributed by atoms with Gasteiger partial charge in [0.25, 0.3) is 0 Å². The first kappa shape index (κ1) is 34.0. The Labute approximate surface area is 281 Å². The van der Waals surface area contributed by atoms with Crippen LogP contribution >= 0.6 is 38.5 Å². The Morgan fingerprint density at radius 1 is 1.16 bits per heavy atom. The number of methoxy groups -OCH3 is 1. The van der Waals surface area contributed by atoms with Crippen molar-refractivity contribution in [2.45, 2.75) is 32.7 Å². The molecule has 0 bridgehead atoms. The molecular formula is C31H31BrFIN4O7. The molecule has 4 rings (SSSR count). The first-order valence-corrected chi connectivity index (χ1v) is 15.6. The predicted octanol–water partition coefficient (Wildman–Crippen LogP) is 5.29. The summed E-state index contributed by atoms with van der Waals surface area (Å²) >= 11 is 5.67. The number of carbonyl (C=O) groups excluding carboxylic acids is 2. The second-order valence-corrected chi connectivity index (χ2v) is 11.7. The van der Waals surface area contributed by atoms with Gasteiger partial charge in [-0.15, -0.1) is 0 Å². The van der Waals surface area contributed by atoms with Gasteiger partial charge in [0, 0.05) is 5.70 Å². The number of aliphatic hydroxyl groups excluding tert-OH is 1. The molecule has 1 heterocycles. The molecule has 1 aliphatic heterocycles. The van der Waals surface area contributed by atoms with Crippen LogP contribution in [0.2, 0.25) is 0 Å². The highest BCUT2D eigenvalue weighted by Crippen LogP contribution is 2.35. The lowest BCUT2D eigenvalue weighted by molar-refractivity contribution is -0.136. The van der Waals surface area contributed by atoms with Gasteiger partial charge in [-0.25, -0.2) is 14.0 Å². The van der Waals surface area contributed by atoms with Gasteiger partial charge in [-0.3, -0.25) is 5.43 Å². The number of ether oxygens (including phenoxy) is 4. The predicted molar refractivity (Wildman–Crippen MR) is 177 cm³/mol. The molecule has 2 amide bonds. The van der Waals surface area contributed by atoms with E-state index in [1.165, 1.54) is 19.2 Å². The van der Waals surface area contributed by atoms with E-state index in [-0.39, 0.29) is 24.6 Å². The van der Waals surface area contributed by atoms with Crippen LogP contribution in [0.5, 0.6) is 17.2 Å². The minimum atomic E-state index is -1.16. The molecule has 238 valence electrons. The van der Waals surface area contributed by atoms with Crippen LogP contribution in [-0.4, -0.2) is 49.9 Å². The van der Waals surface area contributed by atoms with Gasteiger partial charge >= 0.3 is 12.0 Å². The molecular weight excluding hydrogens is 766 g/mol. The number of benzene rings is 3. The van der Waals surface area contributed by atoms with Crippen LogP contribution in [0.3, 0.4) is 0 Å². The van der Waals surface area contributed by atoms with Gasteiger partial charge in [0.2, 0.25) is 0 Å². The second-order valence-electron chi connectivity index (χ2n) is 9.64. The summed E-state index contributed by atoms with van der Waals surface area (Å²) < 4.78 is 37.1. The van der Waals surface area contributed by atoms with Gasteiger partial charge in [-0.1, -0.05) is 18.2 Å². The quantitative estimate of drug-likeness (QED) is 0.0602. The van der Waals surface area contributed by atoms with Gasteiger partial charge in [-0.2, -0.15) is 5.10 Å². The monoisotopic (exact) mass is 796 g/mol. The summed E-state index contributed by atoms with van der Waals surface area (Å²) in [5, 5.41) is 19.9. The first-order chi connectivity index (χ1) is 21.6. The lowest BCUT2D eigenvalue weighted by Gasteiger charge is -2.28. The van der Waals surface area contributed by atoms with Crippen LogP contribution in [0.4, 0.5) is 9.18 Å². The lowest BCUT2D eigenvalue weighted by Crippen LogP contribution is -2.45. The maximum absolute atomic E-state index is 13.2. The van der Waals surface area contributed by atoms with E-state index < -0.39 is 24.3 Å². The molecule has 45 heavy (non-hydrogen) atoms. The van der Waals surface area contributed by atoms with Crippen molar-refractivity contribution < 1.29 is 38.0 Å². The van der Waals surface area contributed by atoms with Crippen molar-refractivity contribution in [1.29, 1.82) is 0 Å². The number of halogens is 3. The van der Waals surface area contributed by atoms with Gasteiger partial charge in [-0.05, 0) is 105 Å². The second kappa shape index (κ2) is 15.9. The molecule has 1 aliphatic rings. The maximum Gasteiger partial charge on any atom is 0.337 e. The molecule has 0 radical (unpaired) electrons. The summed E-state index contributed by atoms with van der Waals surface area (Å²) in [7, 11) is 1.27. The van der Waals surface area contributed by atoms with Crippen molar-refractivity contribution in [3.63, 3.8) is 0 Å². The molecule has 2 atom stereocenters. The van der Waals surface area contributed by atoms with Crippen LogP contribution in [0.15, 0.2) is 75.4 Å². The highest BCUT2D eigenvalue weighted by atomic mass is 127. The number of nitrogens with one attached hydrogen (secondary N) is 3. The molecule has 0 aliphatic carbocycles. The van der Waals surface area contributed by atoms with E-state index >= 15 is 0 Å². The smallest absolute Gasteiger partial charge is 0.337 e. The Hall–Kier alpha value is -3.89. The van der Waals surface area contributed by atoms with Crippen LogP contribution < -0.4 is 30.3 Å². The van der Waals surface area contributed by atoms with Crippen LogP contribution in [0, 0.1) is 9.39 Å². The molecule has 0 saturated carbocycles. The number of urea groups is 1. The van der Waals surface area contributed by atoms with Crippen molar-refractivity contribution in [2.75, 3.05) is 20.3 Å². The third-order valence-corrected chi connectivity index (χ3v) is 7.82. The Balaban J connectivity index is 1.37. The fourth-order valence-corrected chi connectivity index (χ4v) is 6.12. The maximum atomic E-state index is 13.2. The molecule has 3 aromatic rings. The number of aliphatic hydroxyl groups is 1. The third-order valence-electron chi connectivity index (χ3n) is 6.43. The molecule has 4 N–H and O–H groups in total. The van der Waals surface area contributed by atoms with E-state index in [1.54, 1.807) is 43.5 Å². The molecule has 3 aromatic carbocycles. The number of hydrogen-bond donors (Lipinski definition) is 4. The Kier molecular flexibility index (Phi) is 12.0. The van der Waals surface area contributed by atoms with Crippen LogP contribution in [0.25, 0.3) is 0 Å². The summed E-state index contributed by atoms with van der Waals surface area (Å²) in [5.74, 6) is 0.473. The number of nitrogens with zero attached hydrogens (tertiary/aromatic N) is 1. The lowest BCUT2D eigenvalue weighted by atomic mass is 9.95. The highest BCUT2D eigenvalue weighted by molar-refractivity contribution is 14.1. The zero-order valence-electron chi connectivity index (χ0n) is 24.5. The fourth-order valence-electron chi connectivity index (χ4n) is 4.35. The summed E-state index contributed by atoms with van der Waals surface area (Å²) in [4.78, 5) is 24.6. The summed E-state index contributed by atoms with van der Waals surface area (Å²) in [6, 6.07) is 13.6. The minimum Gasteiger partial charge on any atom is -0.490 e. The average molecular weight is 797 g/mol. The standard InChI is InChI=1S/C31H31BrFIN4O7/c1-4-43-25-13-20(28-27(30(40)42-3)17(2)36-31(41)37-28)7-10-24(25)44-16-26(39)38-35-14-19-11-22(32)29(23(34)12-19)45-15-18-5-8-21(33)9-6-18/h5-14,26,28,38-39H,4,15-16H2,1-3H3,(H2,36,37,41)/b35-14-/t26-,28+/m1/s1. The third kappa shape index (κ3) is 9.08. The molecule has 0 saturated heterocycles. The summed E-state index contributed by atoms with van der Waals surface area (Å²) in [6.07, 6.45) is 0.388. The van der Waals surface area contributed by atoms with E-state index in [4.69, 9.17) is 18.9 Å². The Bertz CT molecular complexity index is 1580. The van der Waals surface area contributed by atoms with Crippen molar-refractivity contribution in [3.05, 3.63) is 96.4 Å². The Morgan fingerprint density at radius 3 is 2.60 bits per heavy atom. The molecule has 0 fully saturated rings. The van der Waals surface area contributed by atoms with Crippen LogP contribution in [0.1, 0.15) is 36.6 Å². The number of hydrogen-bond acceptors (Lipinski definition) is 9. The molecule has 0 aromatic heterocycles. The highest BCUT2D eigenvalue weighted by Gasteiger charge is 2.32. The number of amides is 2. The largest absolute Gasteiger partial charge is 0.490 e. The molecule has 0 unspecified atom stereocenters. The SMILES string of the molecule is CCOc1cc([C@@H]2NC(=O)NC(C)=C2C(=O)OC)ccc1OC[C@@H](O)N/N=C\c1cc(Br)c(OCc2ccc(F)cc2)c(I)c1.